The second-order valence-electron chi connectivity index (χ2n) is 7.41. The summed E-state index contributed by atoms with van der Waals surface area (Å²) in [6, 6.07) is 10.3. The van der Waals surface area contributed by atoms with Gasteiger partial charge >= 0.3 is 11.9 Å². The van der Waals surface area contributed by atoms with Crippen molar-refractivity contribution in [3.05, 3.63) is 58.7 Å². The average Bonchev–Trinajstić information content (AvgIpc) is 2.79. The van der Waals surface area contributed by atoms with Gasteiger partial charge in [-0.25, -0.2) is 9.59 Å². The predicted molar refractivity (Wildman–Crippen MR) is 139 cm³/mol. The van der Waals surface area contributed by atoms with Crippen LogP contribution in [0.15, 0.2) is 36.4 Å². The van der Waals surface area contributed by atoms with E-state index in [4.69, 9.17) is 51.1 Å². The zero-order valence-corrected chi connectivity index (χ0v) is 21.8. The molecule has 0 amide bonds. The number of anilines is 2. The molecule has 0 spiro atoms. The van der Waals surface area contributed by atoms with E-state index in [1.54, 1.807) is 24.3 Å². The number of ether oxygens (including phenoxy) is 1. The Bertz CT molecular complexity index is 868. The van der Waals surface area contributed by atoms with Crippen molar-refractivity contribution in [3.8, 4) is 0 Å². The smallest absolute Gasteiger partial charge is 0.346 e. The maximum Gasteiger partial charge on any atom is 0.346 e. The van der Waals surface area contributed by atoms with E-state index in [0.29, 0.717) is 49.7 Å². The van der Waals surface area contributed by atoms with Crippen molar-refractivity contribution < 1.29 is 14.3 Å². The summed E-state index contributed by atoms with van der Waals surface area (Å²) in [7, 11) is 0. The summed E-state index contributed by atoms with van der Waals surface area (Å²) in [6.07, 6.45) is 0. The van der Waals surface area contributed by atoms with E-state index in [-0.39, 0.29) is 11.1 Å². The molecule has 0 atom stereocenters. The molecule has 0 saturated carbocycles. The van der Waals surface area contributed by atoms with Crippen molar-refractivity contribution >= 4 is 69.7 Å². The van der Waals surface area contributed by atoms with Crippen molar-refractivity contribution in [2.24, 2.45) is 0 Å². The van der Waals surface area contributed by atoms with Gasteiger partial charge in [0.2, 0.25) is 0 Å². The first-order valence-electron chi connectivity index (χ1n) is 10.6. The highest BCUT2D eigenvalue weighted by Crippen LogP contribution is 2.25. The first-order chi connectivity index (χ1) is 15.9. The van der Waals surface area contributed by atoms with Gasteiger partial charge in [0.25, 0.3) is 0 Å². The lowest BCUT2D eigenvalue weighted by atomic mass is 10.1. The van der Waals surface area contributed by atoms with Crippen molar-refractivity contribution in [1.82, 2.24) is 0 Å². The lowest BCUT2D eigenvalue weighted by molar-refractivity contribution is 0.0398. The fourth-order valence-corrected chi connectivity index (χ4v) is 4.29. The van der Waals surface area contributed by atoms with Gasteiger partial charge in [0, 0.05) is 61.1 Å². The van der Waals surface area contributed by atoms with E-state index in [1.807, 2.05) is 35.8 Å². The highest BCUT2D eigenvalue weighted by molar-refractivity contribution is 6.19. The van der Waals surface area contributed by atoms with Crippen LogP contribution in [-0.4, -0.2) is 61.6 Å². The number of esters is 2. The molecule has 9 heteroatoms. The summed E-state index contributed by atoms with van der Waals surface area (Å²) in [6.45, 7) is 6.21. The van der Waals surface area contributed by atoms with Gasteiger partial charge in [-0.15, -0.1) is 46.4 Å². The summed E-state index contributed by atoms with van der Waals surface area (Å²) in [5, 5.41) is 0. The Morgan fingerprint density at radius 2 is 1.00 bits per heavy atom. The van der Waals surface area contributed by atoms with Crippen LogP contribution in [0.3, 0.4) is 0 Å². The summed E-state index contributed by atoms with van der Waals surface area (Å²) in [4.78, 5) is 29.5. The van der Waals surface area contributed by atoms with Crippen LogP contribution in [-0.2, 0) is 4.74 Å². The molecule has 0 bridgehead atoms. The van der Waals surface area contributed by atoms with Gasteiger partial charge in [0.05, 0.1) is 11.1 Å². The van der Waals surface area contributed by atoms with Crippen LogP contribution in [0.1, 0.15) is 31.8 Å². The third kappa shape index (κ3) is 7.68. The number of nitrogens with zero attached hydrogens (tertiary/aromatic N) is 2. The van der Waals surface area contributed by atoms with Crippen LogP contribution in [0.2, 0.25) is 0 Å². The van der Waals surface area contributed by atoms with Crippen LogP contribution in [0.4, 0.5) is 11.4 Å². The number of hydrogen-bond donors (Lipinski definition) is 0. The van der Waals surface area contributed by atoms with Gasteiger partial charge in [-0.3, -0.25) is 0 Å². The predicted octanol–water partition coefficient (Wildman–Crippen LogP) is 5.87. The largest absolute Gasteiger partial charge is 0.386 e. The molecule has 2 aromatic rings. The minimum absolute atomic E-state index is 0.274. The summed E-state index contributed by atoms with van der Waals surface area (Å²) in [5.41, 5.74) is 4.14. The molecule has 2 aromatic carbocycles. The molecule has 33 heavy (non-hydrogen) atoms. The molecule has 0 aliphatic heterocycles. The zero-order chi connectivity index (χ0) is 24.4. The summed E-state index contributed by atoms with van der Waals surface area (Å²) in [5.74, 6) is 0.234. The fourth-order valence-electron chi connectivity index (χ4n) is 3.47. The van der Waals surface area contributed by atoms with Crippen LogP contribution >= 0.6 is 46.4 Å². The standard InChI is InChI=1S/C24H28Cl4N2O3/c1-17-3-5-19(15-21(17)29(11-7-25)12-8-26)23(31)33-24(32)20-6-4-18(2)22(16-20)30(13-9-27)14-10-28/h3-6,15-16H,7-14H2,1-2H3. The van der Waals surface area contributed by atoms with E-state index in [2.05, 4.69) is 0 Å². The van der Waals surface area contributed by atoms with E-state index in [9.17, 15) is 9.59 Å². The first kappa shape index (κ1) is 27.6. The van der Waals surface area contributed by atoms with Gasteiger partial charge in [0.15, 0.2) is 0 Å². The summed E-state index contributed by atoms with van der Waals surface area (Å²) >= 11 is 23.7. The molecular formula is C24H28Cl4N2O3. The van der Waals surface area contributed by atoms with Crippen molar-refractivity contribution in [2.45, 2.75) is 13.8 Å². The average molecular weight is 534 g/mol. The SMILES string of the molecule is Cc1ccc(C(=O)OC(=O)c2ccc(C)c(N(CCCl)CCCl)c2)cc1N(CCCl)CCCl. The third-order valence-corrected chi connectivity index (χ3v) is 5.85. The number of aryl methyl sites for hydroxylation is 2. The third-order valence-electron chi connectivity index (χ3n) is 5.17. The van der Waals surface area contributed by atoms with Gasteiger partial charge in [-0.2, -0.15) is 0 Å². The molecule has 0 saturated heterocycles. The molecule has 0 aliphatic rings. The molecular weight excluding hydrogens is 506 g/mol. The monoisotopic (exact) mass is 532 g/mol. The van der Waals surface area contributed by atoms with Crippen LogP contribution in [0, 0.1) is 13.8 Å². The van der Waals surface area contributed by atoms with Crippen LogP contribution < -0.4 is 9.80 Å². The number of alkyl halides is 4. The first-order valence-corrected chi connectivity index (χ1v) is 12.7. The Morgan fingerprint density at radius 1 is 0.667 bits per heavy atom. The summed E-state index contributed by atoms with van der Waals surface area (Å²) < 4.78 is 5.19. The second kappa shape index (κ2) is 13.9. The van der Waals surface area contributed by atoms with E-state index >= 15 is 0 Å². The lowest BCUT2D eigenvalue weighted by Crippen LogP contribution is -2.29. The van der Waals surface area contributed by atoms with Gasteiger partial charge < -0.3 is 14.5 Å². The van der Waals surface area contributed by atoms with Gasteiger partial charge in [-0.1, -0.05) is 12.1 Å². The Morgan fingerprint density at radius 3 is 1.30 bits per heavy atom. The maximum absolute atomic E-state index is 12.8. The maximum atomic E-state index is 12.8. The molecule has 0 fully saturated rings. The van der Waals surface area contributed by atoms with Crippen molar-refractivity contribution in [2.75, 3.05) is 59.5 Å². The Labute approximate surface area is 215 Å². The minimum Gasteiger partial charge on any atom is -0.386 e. The van der Waals surface area contributed by atoms with E-state index in [0.717, 1.165) is 22.5 Å². The van der Waals surface area contributed by atoms with E-state index in [1.165, 1.54) is 0 Å². The number of carbonyl (C=O) groups excluding carboxylic acids is 2. The molecule has 180 valence electrons. The number of benzene rings is 2. The van der Waals surface area contributed by atoms with Crippen molar-refractivity contribution in [1.29, 1.82) is 0 Å². The van der Waals surface area contributed by atoms with Crippen molar-refractivity contribution in [3.63, 3.8) is 0 Å². The van der Waals surface area contributed by atoms with Crippen LogP contribution in [0.5, 0.6) is 0 Å². The normalized spacial score (nSPS) is 10.7. The lowest BCUT2D eigenvalue weighted by Gasteiger charge is -2.25. The highest BCUT2D eigenvalue weighted by atomic mass is 35.5. The van der Waals surface area contributed by atoms with Crippen LogP contribution in [0.25, 0.3) is 0 Å². The molecule has 2 rings (SSSR count). The molecule has 0 unspecified atom stereocenters. The molecule has 5 nitrogen and oxygen atoms in total. The number of carbonyl (C=O) groups is 2. The molecule has 0 N–H and O–H groups in total. The second-order valence-corrected chi connectivity index (χ2v) is 8.92. The molecule has 0 aliphatic carbocycles. The quantitative estimate of drug-likeness (QED) is 0.194. The number of hydrogen-bond acceptors (Lipinski definition) is 5. The molecule has 0 radical (unpaired) electrons. The Hall–Kier alpha value is -1.66. The Kier molecular flexibility index (Phi) is 11.6. The number of halogens is 4. The highest BCUT2D eigenvalue weighted by Gasteiger charge is 2.19. The minimum atomic E-state index is -0.724. The van der Waals surface area contributed by atoms with E-state index < -0.39 is 11.9 Å². The number of rotatable bonds is 12. The zero-order valence-electron chi connectivity index (χ0n) is 18.8. The molecule has 0 aromatic heterocycles. The topological polar surface area (TPSA) is 49.9 Å². The fraction of sp³-hybridized carbons (Fsp3) is 0.417. The van der Waals surface area contributed by atoms with Gasteiger partial charge in [0.1, 0.15) is 0 Å². The molecule has 0 heterocycles. The van der Waals surface area contributed by atoms with Gasteiger partial charge in [-0.05, 0) is 49.2 Å². The Balaban J connectivity index is 2.25.